The highest BCUT2D eigenvalue weighted by molar-refractivity contribution is 14.1. The maximum atomic E-state index is 13.2. The lowest BCUT2D eigenvalue weighted by Gasteiger charge is -2.13. The predicted octanol–water partition coefficient (Wildman–Crippen LogP) is 4.25. The van der Waals surface area contributed by atoms with Crippen molar-refractivity contribution in [2.75, 3.05) is 0 Å². The number of alkyl halides is 3. The fraction of sp³-hybridized carbons (Fsp3) is 0.100. The Hall–Kier alpha value is -0.500. The molecule has 0 spiro atoms. The van der Waals surface area contributed by atoms with Gasteiger partial charge < -0.3 is 0 Å². The Morgan fingerprint density at radius 1 is 1.25 bits per heavy atom. The van der Waals surface area contributed by atoms with E-state index >= 15 is 0 Å². The van der Waals surface area contributed by atoms with Gasteiger partial charge in [0, 0.05) is 32.6 Å². The van der Waals surface area contributed by atoms with Gasteiger partial charge in [-0.2, -0.15) is 8.78 Å². The summed E-state index contributed by atoms with van der Waals surface area (Å²) in [4.78, 5) is 3.75. The van der Waals surface area contributed by atoms with Crippen LogP contribution < -0.4 is 0 Å². The third kappa shape index (κ3) is 2.42. The maximum absolute atomic E-state index is 13.2. The molecule has 0 bridgehead atoms. The van der Waals surface area contributed by atoms with Crippen molar-refractivity contribution in [2.45, 2.75) is 4.05 Å². The third-order valence-electron chi connectivity index (χ3n) is 2.05. The molecule has 1 heterocycles. The van der Waals surface area contributed by atoms with Gasteiger partial charge in [0.1, 0.15) is 6.33 Å². The molecule has 16 heavy (non-hydrogen) atoms. The molecule has 6 heteroatoms. The van der Waals surface area contributed by atoms with E-state index in [4.69, 9.17) is 0 Å². The average molecular weight is 399 g/mol. The summed E-state index contributed by atoms with van der Waals surface area (Å²) in [6, 6.07) is 7.13. The van der Waals surface area contributed by atoms with Gasteiger partial charge in [0.2, 0.25) is 0 Å². The second-order valence-corrected chi connectivity index (χ2v) is 5.34. The summed E-state index contributed by atoms with van der Waals surface area (Å²) >= 11 is 4.37. The third-order valence-corrected chi connectivity index (χ3v) is 3.10. The number of hydrogen-bond donors (Lipinski definition) is 0. The van der Waals surface area contributed by atoms with Crippen LogP contribution >= 0.6 is 38.5 Å². The fourth-order valence-electron chi connectivity index (χ4n) is 1.33. The van der Waals surface area contributed by atoms with Crippen LogP contribution in [0.15, 0.2) is 41.3 Å². The lowest BCUT2D eigenvalue weighted by atomic mass is 10.2. The van der Waals surface area contributed by atoms with E-state index in [9.17, 15) is 8.78 Å². The molecule has 0 atom stereocenters. The van der Waals surface area contributed by atoms with Crippen molar-refractivity contribution < 1.29 is 8.78 Å². The summed E-state index contributed by atoms with van der Waals surface area (Å²) in [5.41, 5.74) is 1.10. The topological polar surface area (TPSA) is 17.8 Å². The molecule has 0 saturated carbocycles. The molecule has 0 unspecified atom stereocenters. The summed E-state index contributed by atoms with van der Waals surface area (Å²) in [5.74, 6) is 0. The van der Waals surface area contributed by atoms with Crippen LogP contribution in [-0.4, -0.2) is 9.55 Å². The lowest BCUT2D eigenvalue weighted by molar-refractivity contribution is 0.0477. The Bertz CT molecular complexity index is 490. The Morgan fingerprint density at radius 3 is 2.44 bits per heavy atom. The van der Waals surface area contributed by atoms with E-state index < -0.39 is 4.05 Å². The van der Waals surface area contributed by atoms with E-state index in [1.807, 2.05) is 0 Å². The van der Waals surface area contributed by atoms with Gasteiger partial charge in [0.25, 0.3) is 0 Å². The highest BCUT2D eigenvalue weighted by atomic mass is 127. The van der Waals surface area contributed by atoms with E-state index in [1.165, 1.54) is 6.20 Å². The van der Waals surface area contributed by atoms with E-state index in [0.717, 1.165) is 38.0 Å². The largest absolute Gasteiger partial charge is 0.381 e. The first-order chi connectivity index (χ1) is 7.48. The highest BCUT2D eigenvalue weighted by Gasteiger charge is 2.28. The molecule has 0 N–H and O–H groups in total. The number of imidazole rings is 1. The first-order valence-corrected chi connectivity index (χ1v) is 6.21. The number of halogens is 4. The molecule has 0 aliphatic heterocycles. The van der Waals surface area contributed by atoms with E-state index in [0.29, 0.717) is 11.3 Å². The molecule has 2 nitrogen and oxygen atoms in total. The molecule has 2 rings (SSSR count). The Kier molecular flexibility index (Phi) is 3.29. The molecule has 84 valence electrons. The molecule has 0 saturated heterocycles. The minimum Gasteiger partial charge on any atom is -0.262 e. The summed E-state index contributed by atoms with van der Waals surface area (Å²) in [6.07, 6.45) is 2.56. The molecule has 1 aromatic heterocycles. The van der Waals surface area contributed by atoms with E-state index in [2.05, 4.69) is 20.9 Å². The van der Waals surface area contributed by atoms with Gasteiger partial charge in [-0.15, -0.1) is 0 Å². The molecule has 0 amide bonds. The Labute approximate surface area is 113 Å². The Balaban J connectivity index is 2.49. The predicted molar refractivity (Wildman–Crippen MR) is 69.6 cm³/mol. The average Bonchev–Trinajstić information content (AvgIpc) is 2.66. The van der Waals surface area contributed by atoms with Gasteiger partial charge in [-0.25, -0.2) is 4.98 Å². The summed E-state index contributed by atoms with van der Waals surface area (Å²) in [6.45, 7) is 0. The van der Waals surface area contributed by atoms with Crippen LogP contribution in [0.5, 0.6) is 0 Å². The number of nitrogens with zero attached hydrogens (tertiary/aromatic N) is 2. The quantitative estimate of drug-likeness (QED) is 0.546. The minimum absolute atomic E-state index is 0.395. The first kappa shape index (κ1) is 12.0. The SMILES string of the molecule is FC(F)(I)n1cncc1-c1ccc(Br)cc1. The summed E-state index contributed by atoms with van der Waals surface area (Å²) in [5, 5.41) is 0. The molecule has 0 fully saturated rings. The van der Waals surface area contributed by atoms with Crippen LogP contribution in [0.25, 0.3) is 11.3 Å². The van der Waals surface area contributed by atoms with Gasteiger partial charge in [-0.05, 0) is 12.1 Å². The van der Waals surface area contributed by atoms with Crippen molar-refractivity contribution in [3.8, 4) is 11.3 Å². The normalized spacial score (nSPS) is 11.8. The van der Waals surface area contributed by atoms with Crippen molar-refractivity contribution in [1.82, 2.24) is 9.55 Å². The van der Waals surface area contributed by atoms with Gasteiger partial charge in [-0.1, -0.05) is 28.1 Å². The molecule has 1 aromatic carbocycles. The van der Waals surface area contributed by atoms with Gasteiger partial charge in [-0.3, -0.25) is 4.57 Å². The standard InChI is InChI=1S/C10H6BrF2IN2/c11-8-3-1-7(2-4-8)9-5-15-6-16(9)10(12,13)14/h1-6H. The molecular formula is C10H6BrF2IN2. The summed E-state index contributed by atoms with van der Waals surface area (Å²) in [7, 11) is 0. The fourth-order valence-corrected chi connectivity index (χ4v) is 1.98. The van der Waals surface area contributed by atoms with Crippen molar-refractivity contribution in [3.05, 3.63) is 41.3 Å². The van der Waals surface area contributed by atoms with Crippen LogP contribution in [0.4, 0.5) is 8.78 Å². The van der Waals surface area contributed by atoms with Crippen molar-refractivity contribution >= 4 is 38.5 Å². The zero-order valence-electron chi connectivity index (χ0n) is 7.87. The number of benzene rings is 1. The van der Waals surface area contributed by atoms with E-state index in [1.54, 1.807) is 24.3 Å². The second-order valence-electron chi connectivity index (χ2n) is 3.12. The first-order valence-electron chi connectivity index (χ1n) is 4.34. The van der Waals surface area contributed by atoms with Crippen molar-refractivity contribution in [1.29, 1.82) is 0 Å². The summed E-state index contributed by atoms with van der Waals surface area (Å²) < 4.78 is 25.2. The van der Waals surface area contributed by atoms with Crippen LogP contribution in [-0.2, 0) is 4.05 Å². The minimum atomic E-state index is -2.98. The maximum Gasteiger partial charge on any atom is 0.381 e. The van der Waals surface area contributed by atoms with Crippen molar-refractivity contribution in [2.24, 2.45) is 0 Å². The van der Waals surface area contributed by atoms with Crippen LogP contribution in [0.2, 0.25) is 0 Å². The number of aromatic nitrogens is 2. The van der Waals surface area contributed by atoms with Crippen LogP contribution in [0.3, 0.4) is 0 Å². The van der Waals surface area contributed by atoms with Gasteiger partial charge in [0.15, 0.2) is 0 Å². The molecule has 0 radical (unpaired) electrons. The van der Waals surface area contributed by atoms with Crippen LogP contribution in [0.1, 0.15) is 0 Å². The molecule has 2 aromatic rings. The highest BCUT2D eigenvalue weighted by Crippen LogP contribution is 2.34. The van der Waals surface area contributed by atoms with Crippen molar-refractivity contribution in [3.63, 3.8) is 0 Å². The number of rotatable bonds is 2. The number of hydrogen-bond acceptors (Lipinski definition) is 1. The smallest absolute Gasteiger partial charge is 0.262 e. The zero-order chi connectivity index (χ0) is 11.8. The van der Waals surface area contributed by atoms with Gasteiger partial charge >= 0.3 is 4.05 Å². The molecular weight excluding hydrogens is 393 g/mol. The van der Waals surface area contributed by atoms with Gasteiger partial charge in [0.05, 0.1) is 11.9 Å². The second kappa shape index (κ2) is 4.40. The zero-order valence-corrected chi connectivity index (χ0v) is 11.6. The Morgan fingerprint density at radius 2 is 1.88 bits per heavy atom. The van der Waals surface area contributed by atoms with Crippen LogP contribution in [0, 0.1) is 0 Å². The lowest BCUT2D eigenvalue weighted by Crippen LogP contribution is -2.14. The molecule has 0 aliphatic rings. The van der Waals surface area contributed by atoms with E-state index in [-0.39, 0.29) is 0 Å². The molecule has 0 aliphatic carbocycles. The monoisotopic (exact) mass is 398 g/mol.